The molecule has 2 aromatic carbocycles. The minimum absolute atomic E-state index is 0.0586. The number of para-hydroxylation sites is 2. The molecule has 3 N–H and O–H groups in total. The summed E-state index contributed by atoms with van der Waals surface area (Å²) in [5.41, 5.74) is 3.49. The summed E-state index contributed by atoms with van der Waals surface area (Å²) in [6, 6.07) is 16.4. The SMILES string of the molecule is CC1(C)CC(=O)c2cc(C(=O)Nc3ccc(-c4nc5ccccc5[nH]4)cc3)c(=O)[nH]c2C1. The normalized spacial score (nSPS) is 14.9. The number of aromatic amines is 2. The Labute approximate surface area is 183 Å². The van der Waals surface area contributed by atoms with Crippen LogP contribution in [0.3, 0.4) is 0 Å². The number of amides is 1. The Balaban J connectivity index is 1.38. The van der Waals surface area contributed by atoms with Gasteiger partial charge in [0.25, 0.3) is 11.5 Å². The highest BCUT2D eigenvalue weighted by molar-refractivity contribution is 6.06. The number of hydrogen-bond donors (Lipinski definition) is 3. The van der Waals surface area contributed by atoms with Gasteiger partial charge in [-0.2, -0.15) is 0 Å². The van der Waals surface area contributed by atoms with Gasteiger partial charge in [-0.1, -0.05) is 26.0 Å². The first-order valence-corrected chi connectivity index (χ1v) is 10.4. The zero-order valence-electron chi connectivity index (χ0n) is 17.8. The second kappa shape index (κ2) is 7.30. The molecule has 160 valence electrons. The Morgan fingerprint density at radius 2 is 1.75 bits per heavy atom. The molecule has 5 rings (SSSR count). The summed E-state index contributed by atoms with van der Waals surface area (Å²) in [6.45, 7) is 3.98. The van der Waals surface area contributed by atoms with Crippen LogP contribution in [0.5, 0.6) is 0 Å². The van der Waals surface area contributed by atoms with E-state index < -0.39 is 11.5 Å². The third-order valence-electron chi connectivity index (χ3n) is 5.77. The van der Waals surface area contributed by atoms with Crippen molar-refractivity contribution < 1.29 is 9.59 Å². The molecule has 7 heteroatoms. The van der Waals surface area contributed by atoms with Crippen molar-refractivity contribution >= 4 is 28.4 Å². The van der Waals surface area contributed by atoms with E-state index in [2.05, 4.69) is 20.3 Å². The predicted octanol–water partition coefficient (Wildman–Crippen LogP) is 4.33. The van der Waals surface area contributed by atoms with Crippen molar-refractivity contribution in [3.05, 3.63) is 81.8 Å². The van der Waals surface area contributed by atoms with E-state index in [0.717, 1.165) is 22.4 Å². The van der Waals surface area contributed by atoms with Gasteiger partial charge in [-0.25, -0.2) is 4.98 Å². The van der Waals surface area contributed by atoms with Gasteiger partial charge in [0.15, 0.2) is 5.78 Å². The van der Waals surface area contributed by atoms with Gasteiger partial charge in [0, 0.05) is 28.9 Å². The molecule has 4 aromatic rings. The van der Waals surface area contributed by atoms with Crippen LogP contribution in [0, 0.1) is 5.41 Å². The van der Waals surface area contributed by atoms with Gasteiger partial charge in [-0.05, 0) is 54.3 Å². The third-order valence-corrected chi connectivity index (χ3v) is 5.77. The lowest BCUT2D eigenvalue weighted by molar-refractivity contribution is 0.0910. The number of benzene rings is 2. The number of fused-ring (bicyclic) bond motifs is 2. The number of pyridine rings is 1. The Bertz CT molecular complexity index is 1390. The zero-order chi connectivity index (χ0) is 22.5. The minimum atomic E-state index is -0.553. The molecule has 0 radical (unpaired) electrons. The van der Waals surface area contributed by atoms with Crippen LogP contribution in [0.25, 0.3) is 22.4 Å². The number of aromatic nitrogens is 3. The lowest BCUT2D eigenvalue weighted by Crippen LogP contribution is -2.32. The molecule has 7 nitrogen and oxygen atoms in total. The first-order chi connectivity index (χ1) is 15.3. The minimum Gasteiger partial charge on any atom is -0.338 e. The maximum absolute atomic E-state index is 12.8. The van der Waals surface area contributed by atoms with Crippen LogP contribution < -0.4 is 10.9 Å². The van der Waals surface area contributed by atoms with Crippen LogP contribution in [-0.4, -0.2) is 26.6 Å². The molecule has 0 fully saturated rings. The fourth-order valence-corrected chi connectivity index (χ4v) is 4.20. The fraction of sp³-hybridized carbons (Fsp3) is 0.200. The van der Waals surface area contributed by atoms with Gasteiger partial charge in [0.1, 0.15) is 11.4 Å². The van der Waals surface area contributed by atoms with Crippen molar-refractivity contribution in [1.29, 1.82) is 0 Å². The summed E-state index contributed by atoms with van der Waals surface area (Å²) in [5.74, 6) is 0.122. The lowest BCUT2D eigenvalue weighted by Gasteiger charge is -2.29. The number of carbonyl (C=O) groups excluding carboxylic acids is 2. The molecule has 1 amide bonds. The number of ketones is 1. The van der Waals surface area contributed by atoms with Gasteiger partial charge < -0.3 is 15.3 Å². The second-order valence-corrected chi connectivity index (χ2v) is 8.98. The van der Waals surface area contributed by atoms with Crippen molar-refractivity contribution in [1.82, 2.24) is 15.0 Å². The number of rotatable bonds is 3. The van der Waals surface area contributed by atoms with E-state index in [1.54, 1.807) is 12.1 Å². The smallest absolute Gasteiger partial charge is 0.261 e. The van der Waals surface area contributed by atoms with E-state index in [-0.39, 0.29) is 16.8 Å². The lowest BCUT2D eigenvalue weighted by atomic mass is 9.75. The molecular formula is C25H22N4O3. The first kappa shape index (κ1) is 19.9. The van der Waals surface area contributed by atoms with Crippen LogP contribution in [0.1, 0.15) is 46.7 Å². The Hall–Kier alpha value is -4.00. The average Bonchev–Trinajstić information content (AvgIpc) is 3.17. The Morgan fingerprint density at radius 3 is 2.50 bits per heavy atom. The number of anilines is 1. The van der Waals surface area contributed by atoms with E-state index in [4.69, 9.17) is 0 Å². The monoisotopic (exact) mass is 426 g/mol. The van der Waals surface area contributed by atoms with Crippen LogP contribution in [-0.2, 0) is 6.42 Å². The molecule has 32 heavy (non-hydrogen) atoms. The fourth-order valence-electron chi connectivity index (χ4n) is 4.20. The second-order valence-electron chi connectivity index (χ2n) is 8.98. The number of imidazole rings is 1. The van der Waals surface area contributed by atoms with E-state index in [0.29, 0.717) is 29.8 Å². The predicted molar refractivity (Wildman–Crippen MR) is 123 cm³/mol. The van der Waals surface area contributed by atoms with E-state index in [1.165, 1.54) is 6.07 Å². The molecular weight excluding hydrogens is 404 g/mol. The summed E-state index contributed by atoms with van der Waals surface area (Å²) in [5, 5.41) is 2.74. The summed E-state index contributed by atoms with van der Waals surface area (Å²) in [7, 11) is 0. The van der Waals surface area contributed by atoms with Crippen molar-refractivity contribution in [2.75, 3.05) is 5.32 Å². The van der Waals surface area contributed by atoms with Gasteiger partial charge in [0.05, 0.1) is 11.0 Å². The molecule has 2 aromatic heterocycles. The average molecular weight is 426 g/mol. The maximum atomic E-state index is 12.8. The standard InChI is InChI=1S/C25H22N4O3/c1-25(2)12-20-16(21(30)13-25)11-17(24(32)29-20)23(31)26-15-9-7-14(8-10-15)22-27-18-5-3-4-6-19(18)28-22/h3-11H,12-13H2,1-2H3,(H,26,31)(H,27,28)(H,29,32). The summed E-state index contributed by atoms with van der Waals surface area (Å²) >= 11 is 0. The van der Waals surface area contributed by atoms with Gasteiger partial charge in [-0.15, -0.1) is 0 Å². The maximum Gasteiger partial charge on any atom is 0.261 e. The molecule has 0 unspecified atom stereocenters. The van der Waals surface area contributed by atoms with Gasteiger partial charge in [0.2, 0.25) is 0 Å². The van der Waals surface area contributed by atoms with Gasteiger partial charge in [-0.3, -0.25) is 14.4 Å². The van der Waals surface area contributed by atoms with E-state index in [1.807, 2.05) is 50.2 Å². The number of carbonyl (C=O) groups is 2. The summed E-state index contributed by atoms with van der Waals surface area (Å²) < 4.78 is 0. The highest BCUT2D eigenvalue weighted by Gasteiger charge is 2.32. The van der Waals surface area contributed by atoms with Crippen LogP contribution >= 0.6 is 0 Å². The van der Waals surface area contributed by atoms with E-state index >= 15 is 0 Å². The summed E-state index contributed by atoms with van der Waals surface area (Å²) in [6.07, 6.45) is 0.977. The first-order valence-electron chi connectivity index (χ1n) is 10.4. The van der Waals surface area contributed by atoms with Crippen LogP contribution in [0.4, 0.5) is 5.69 Å². The Kier molecular flexibility index (Phi) is 4.55. The van der Waals surface area contributed by atoms with Crippen molar-refractivity contribution in [3.8, 4) is 11.4 Å². The highest BCUT2D eigenvalue weighted by Crippen LogP contribution is 2.33. The third kappa shape index (κ3) is 3.62. The van der Waals surface area contributed by atoms with Crippen molar-refractivity contribution in [3.63, 3.8) is 0 Å². The molecule has 0 aliphatic heterocycles. The quantitative estimate of drug-likeness (QED) is 0.453. The molecule has 1 aliphatic rings. The molecule has 0 saturated heterocycles. The molecule has 2 heterocycles. The van der Waals surface area contributed by atoms with Crippen molar-refractivity contribution in [2.24, 2.45) is 5.41 Å². The number of nitrogens with zero attached hydrogens (tertiary/aromatic N) is 1. The highest BCUT2D eigenvalue weighted by atomic mass is 16.2. The van der Waals surface area contributed by atoms with Crippen LogP contribution in [0.2, 0.25) is 0 Å². The number of hydrogen-bond acceptors (Lipinski definition) is 4. The number of nitrogens with one attached hydrogen (secondary N) is 3. The number of Topliss-reactive ketones (excluding diaryl/α,β-unsaturated/α-hetero) is 1. The van der Waals surface area contributed by atoms with E-state index in [9.17, 15) is 14.4 Å². The molecule has 1 aliphatic carbocycles. The summed E-state index contributed by atoms with van der Waals surface area (Å²) in [4.78, 5) is 48.4. The molecule has 0 bridgehead atoms. The van der Waals surface area contributed by atoms with Crippen molar-refractivity contribution in [2.45, 2.75) is 26.7 Å². The Morgan fingerprint density at radius 1 is 1.00 bits per heavy atom. The molecule has 0 spiro atoms. The topological polar surface area (TPSA) is 108 Å². The molecule has 0 saturated carbocycles. The van der Waals surface area contributed by atoms with Gasteiger partial charge >= 0.3 is 0 Å². The molecule has 0 atom stereocenters. The number of H-pyrrole nitrogens is 2. The van der Waals surface area contributed by atoms with Crippen LogP contribution in [0.15, 0.2) is 59.4 Å². The zero-order valence-corrected chi connectivity index (χ0v) is 17.8. The largest absolute Gasteiger partial charge is 0.338 e.